The zero-order valence-electron chi connectivity index (χ0n) is 22.5. The molecule has 1 amide bonds. The molecule has 4 rings (SSSR count). The van der Waals surface area contributed by atoms with E-state index in [0.717, 1.165) is 40.6 Å². The predicted octanol–water partition coefficient (Wildman–Crippen LogP) is 4.86. The summed E-state index contributed by atoms with van der Waals surface area (Å²) in [6.45, 7) is 5.39. The SMILES string of the molecule is CCOC(=O)[C@@H](Cc1ccc2ccc(C(=N)NC(=O)OC)cc2c1)c1ccc(O[C@H]2CCN(C(C)=N)C2)cc1. The molecule has 3 N–H and O–H groups in total. The second kappa shape index (κ2) is 12.4. The Bertz CT molecular complexity index is 1370. The Morgan fingerprint density at radius 3 is 2.46 bits per heavy atom. The Labute approximate surface area is 228 Å². The Balaban J connectivity index is 1.52. The van der Waals surface area contributed by atoms with E-state index in [9.17, 15) is 9.59 Å². The molecule has 9 heteroatoms. The molecule has 1 aliphatic rings. The van der Waals surface area contributed by atoms with E-state index >= 15 is 0 Å². The van der Waals surface area contributed by atoms with Gasteiger partial charge in [0.25, 0.3) is 0 Å². The standard InChI is InChI=1S/C30H34N4O5/c1-4-38-29(35)27(22-9-11-25(12-10-22)39-26-13-14-34(18-26)19(2)31)16-20-5-6-21-7-8-23(17-24(21)15-20)28(32)33-30(36)37-3/h5-12,15,17,26-27,31H,4,13-14,16,18H2,1-3H3,(H2,32,33,36)/t26-,27-/m0/s1. The van der Waals surface area contributed by atoms with Gasteiger partial charge in [0.05, 0.1) is 32.0 Å². The van der Waals surface area contributed by atoms with Crippen LogP contribution in [-0.4, -0.2) is 61.5 Å². The number of alkyl carbamates (subject to hydrolysis) is 1. The number of nitrogens with zero attached hydrogens (tertiary/aromatic N) is 1. The number of rotatable bonds is 8. The highest BCUT2D eigenvalue weighted by molar-refractivity contribution is 6.06. The highest BCUT2D eigenvalue weighted by Gasteiger charge is 2.25. The molecule has 0 aliphatic carbocycles. The maximum absolute atomic E-state index is 13.0. The van der Waals surface area contributed by atoms with Gasteiger partial charge in [-0.15, -0.1) is 0 Å². The van der Waals surface area contributed by atoms with Gasteiger partial charge in [0, 0.05) is 18.5 Å². The number of benzene rings is 3. The number of nitrogens with one attached hydrogen (secondary N) is 3. The summed E-state index contributed by atoms with van der Waals surface area (Å²) in [6, 6.07) is 19.0. The molecular formula is C30H34N4O5. The first-order valence-electron chi connectivity index (χ1n) is 13.0. The molecule has 1 aliphatic heterocycles. The molecule has 0 saturated carbocycles. The number of amides is 1. The van der Waals surface area contributed by atoms with Crippen LogP contribution in [0.4, 0.5) is 4.79 Å². The van der Waals surface area contributed by atoms with Crippen molar-refractivity contribution in [2.24, 2.45) is 0 Å². The van der Waals surface area contributed by atoms with Crippen LogP contribution in [0.2, 0.25) is 0 Å². The third-order valence-electron chi connectivity index (χ3n) is 6.82. The fourth-order valence-corrected chi connectivity index (χ4v) is 4.72. The number of hydrogen-bond donors (Lipinski definition) is 3. The number of carbonyl (C=O) groups is 2. The molecule has 39 heavy (non-hydrogen) atoms. The van der Waals surface area contributed by atoms with E-state index < -0.39 is 12.0 Å². The molecule has 1 heterocycles. The smallest absolute Gasteiger partial charge is 0.412 e. The summed E-state index contributed by atoms with van der Waals surface area (Å²) in [5, 5.41) is 20.2. The maximum atomic E-state index is 13.0. The lowest BCUT2D eigenvalue weighted by molar-refractivity contribution is -0.144. The molecule has 204 valence electrons. The van der Waals surface area contributed by atoms with Crippen LogP contribution >= 0.6 is 0 Å². The Morgan fingerprint density at radius 2 is 1.79 bits per heavy atom. The van der Waals surface area contributed by atoms with Crippen LogP contribution in [0.3, 0.4) is 0 Å². The second-order valence-electron chi connectivity index (χ2n) is 9.53. The minimum absolute atomic E-state index is 0.0313. The van der Waals surface area contributed by atoms with Crippen molar-refractivity contribution < 1.29 is 23.8 Å². The molecule has 0 unspecified atom stereocenters. The fraction of sp³-hybridized carbons (Fsp3) is 0.333. The van der Waals surface area contributed by atoms with Crippen LogP contribution in [0.1, 0.15) is 42.9 Å². The molecule has 9 nitrogen and oxygen atoms in total. The molecule has 2 atom stereocenters. The van der Waals surface area contributed by atoms with Gasteiger partial charge < -0.3 is 19.1 Å². The van der Waals surface area contributed by atoms with Gasteiger partial charge in [-0.3, -0.25) is 20.9 Å². The number of ether oxygens (including phenoxy) is 3. The molecule has 0 bridgehead atoms. The first-order chi connectivity index (χ1) is 18.8. The number of likely N-dealkylation sites (tertiary alicyclic amines) is 1. The average molecular weight is 531 g/mol. The Hall–Kier alpha value is -4.40. The van der Waals surface area contributed by atoms with Crippen molar-refractivity contribution in [3.05, 3.63) is 77.4 Å². The van der Waals surface area contributed by atoms with E-state index in [-0.39, 0.29) is 24.5 Å². The van der Waals surface area contributed by atoms with Crippen molar-refractivity contribution in [2.45, 2.75) is 38.7 Å². The van der Waals surface area contributed by atoms with Crippen molar-refractivity contribution in [1.29, 1.82) is 10.8 Å². The molecule has 1 saturated heterocycles. The lowest BCUT2D eigenvalue weighted by Gasteiger charge is -2.19. The second-order valence-corrected chi connectivity index (χ2v) is 9.53. The van der Waals surface area contributed by atoms with E-state index in [1.165, 1.54) is 7.11 Å². The number of carbonyl (C=O) groups excluding carboxylic acids is 2. The van der Waals surface area contributed by atoms with Crippen LogP contribution in [0, 0.1) is 10.8 Å². The number of hydrogen-bond acceptors (Lipinski definition) is 7. The van der Waals surface area contributed by atoms with Gasteiger partial charge in [-0.2, -0.15) is 0 Å². The van der Waals surface area contributed by atoms with Crippen LogP contribution < -0.4 is 10.1 Å². The van der Waals surface area contributed by atoms with Crippen LogP contribution in [0.15, 0.2) is 60.7 Å². The van der Waals surface area contributed by atoms with Gasteiger partial charge in [-0.05, 0) is 60.4 Å². The van der Waals surface area contributed by atoms with Gasteiger partial charge in [0.1, 0.15) is 17.7 Å². The largest absolute Gasteiger partial charge is 0.489 e. The molecule has 3 aromatic carbocycles. The summed E-state index contributed by atoms with van der Waals surface area (Å²) >= 11 is 0. The average Bonchev–Trinajstić information content (AvgIpc) is 3.40. The first-order valence-corrected chi connectivity index (χ1v) is 13.0. The summed E-state index contributed by atoms with van der Waals surface area (Å²) in [4.78, 5) is 26.5. The molecule has 0 aromatic heterocycles. The lowest BCUT2D eigenvalue weighted by atomic mass is 9.91. The van der Waals surface area contributed by atoms with Gasteiger partial charge >= 0.3 is 12.1 Å². The van der Waals surface area contributed by atoms with E-state index in [0.29, 0.717) is 24.4 Å². The topological polar surface area (TPSA) is 125 Å². The molecular weight excluding hydrogens is 496 g/mol. The first kappa shape index (κ1) is 27.6. The monoisotopic (exact) mass is 530 g/mol. The summed E-state index contributed by atoms with van der Waals surface area (Å²) in [6.07, 6.45) is 0.636. The number of fused-ring (bicyclic) bond motifs is 1. The van der Waals surface area contributed by atoms with Crippen molar-refractivity contribution in [1.82, 2.24) is 10.2 Å². The van der Waals surface area contributed by atoms with Crippen LogP contribution in [0.5, 0.6) is 5.75 Å². The van der Waals surface area contributed by atoms with Crippen molar-refractivity contribution in [3.8, 4) is 5.75 Å². The quantitative estimate of drug-likeness (QED) is 0.217. The van der Waals surface area contributed by atoms with Crippen molar-refractivity contribution in [3.63, 3.8) is 0 Å². The molecule has 3 aromatic rings. The summed E-state index contributed by atoms with van der Waals surface area (Å²) in [5.41, 5.74) is 2.32. The minimum atomic E-state index is -0.700. The highest BCUT2D eigenvalue weighted by Crippen LogP contribution is 2.28. The van der Waals surface area contributed by atoms with E-state index in [2.05, 4.69) is 10.1 Å². The third-order valence-corrected chi connectivity index (χ3v) is 6.82. The van der Waals surface area contributed by atoms with E-state index in [1.54, 1.807) is 19.9 Å². The molecule has 0 spiro atoms. The Kier molecular flexibility index (Phi) is 8.81. The number of methoxy groups -OCH3 is 1. The van der Waals surface area contributed by atoms with Gasteiger partial charge in [-0.1, -0.05) is 42.5 Å². The highest BCUT2D eigenvalue weighted by atomic mass is 16.5. The fourth-order valence-electron chi connectivity index (χ4n) is 4.72. The molecule has 0 radical (unpaired) electrons. The minimum Gasteiger partial charge on any atom is -0.489 e. The number of esters is 1. The summed E-state index contributed by atoms with van der Waals surface area (Å²) in [7, 11) is 1.25. The van der Waals surface area contributed by atoms with Crippen LogP contribution in [0.25, 0.3) is 10.8 Å². The zero-order chi connectivity index (χ0) is 27.9. The lowest BCUT2D eigenvalue weighted by Crippen LogP contribution is -2.30. The maximum Gasteiger partial charge on any atom is 0.412 e. The third kappa shape index (κ3) is 6.93. The van der Waals surface area contributed by atoms with Gasteiger partial charge in [-0.25, -0.2) is 4.79 Å². The van der Waals surface area contributed by atoms with E-state index in [1.807, 2.05) is 59.5 Å². The normalized spacial score (nSPS) is 15.5. The van der Waals surface area contributed by atoms with Crippen molar-refractivity contribution in [2.75, 3.05) is 26.8 Å². The predicted molar refractivity (Wildman–Crippen MR) is 150 cm³/mol. The van der Waals surface area contributed by atoms with Gasteiger partial charge in [0.15, 0.2) is 0 Å². The van der Waals surface area contributed by atoms with E-state index in [4.69, 9.17) is 20.3 Å². The Morgan fingerprint density at radius 1 is 1.05 bits per heavy atom. The van der Waals surface area contributed by atoms with Gasteiger partial charge in [0.2, 0.25) is 0 Å². The number of amidine groups is 2. The summed E-state index contributed by atoms with van der Waals surface area (Å²) < 4.78 is 16.1. The summed E-state index contributed by atoms with van der Waals surface area (Å²) in [5.74, 6) is 0.435. The van der Waals surface area contributed by atoms with Crippen LogP contribution in [-0.2, 0) is 20.7 Å². The molecule has 1 fully saturated rings. The zero-order valence-corrected chi connectivity index (χ0v) is 22.5. The van der Waals surface area contributed by atoms with Crippen molar-refractivity contribution >= 4 is 34.5 Å².